The summed E-state index contributed by atoms with van der Waals surface area (Å²) in [4.78, 5) is 6.72. The number of hydrogen-bond donors (Lipinski definition) is 1. The van der Waals surface area contributed by atoms with E-state index >= 15 is 0 Å². The Kier molecular flexibility index (Phi) is 5.32. The van der Waals surface area contributed by atoms with E-state index in [1.165, 1.54) is 0 Å². The van der Waals surface area contributed by atoms with Crippen molar-refractivity contribution in [1.82, 2.24) is 15.2 Å². The van der Waals surface area contributed by atoms with E-state index in [9.17, 15) is 0 Å². The number of rotatable bonds is 7. The first-order valence-electron chi connectivity index (χ1n) is 7.06. The molecule has 108 valence electrons. The number of nitrogens with one attached hydrogen (secondary N) is 1. The van der Waals surface area contributed by atoms with Gasteiger partial charge < -0.3 is 9.73 Å². The third-order valence-corrected chi connectivity index (χ3v) is 3.07. The lowest BCUT2D eigenvalue weighted by Crippen LogP contribution is -2.17. The van der Waals surface area contributed by atoms with Crippen molar-refractivity contribution in [3.63, 3.8) is 0 Å². The molecule has 0 radical (unpaired) electrons. The van der Waals surface area contributed by atoms with Crippen LogP contribution in [0.4, 0.5) is 0 Å². The summed E-state index contributed by atoms with van der Waals surface area (Å²) in [5.74, 6) is 1.98. The van der Waals surface area contributed by atoms with Gasteiger partial charge >= 0.3 is 0 Å². The van der Waals surface area contributed by atoms with E-state index in [2.05, 4.69) is 35.2 Å². The van der Waals surface area contributed by atoms with Crippen LogP contribution in [0.15, 0.2) is 34.7 Å². The van der Waals surface area contributed by atoms with Gasteiger partial charge in [-0.1, -0.05) is 13.0 Å². The molecule has 0 amide bonds. The molecule has 0 saturated heterocycles. The molecule has 2 heterocycles. The molecule has 0 aromatic carbocycles. The number of furan rings is 1. The Morgan fingerprint density at radius 2 is 1.95 bits per heavy atom. The van der Waals surface area contributed by atoms with Gasteiger partial charge in [0, 0.05) is 12.2 Å². The van der Waals surface area contributed by atoms with Crippen LogP contribution < -0.4 is 5.32 Å². The van der Waals surface area contributed by atoms with E-state index in [1.807, 2.05) is 31.2 Å². The van der Waals surface area contributed by atoms with E-state index in [-0.39, 0.29) is 0 Å². The average molecular weight is 273 g/mol. The third-order valence-electron chi connectivity index (χ3n) is 3.07. The Labute approximate surface area is 120 Å². The smallest absolute Gasteiger partial charge is 0.118 e. The van der Waals surface area contributed by atoms with Gasteiger partial charge in [-0.25, -0.2) is 0 Å². The molecule has 0 spiro atoms. The molecule has 0 aliphatic rings. The van der Waals surface area contributed by atoms with Crippen molar-refractivity contribution in [2.24, 2.45) is 0 Å². The van der Waals surface area contributed by atoms with E-state index in [0.717, 1.165) is 49.1 Å². The Morgan fingerprint density at radius 3 is 2.70 bits per heavy atom. The zero-order valence-electron chi connectivity index (χ0n) is 12.5. The highest BCUT2D eigenvalue weighted by atomic mass is 16.3. The maximum absolute atomic E-state index is 5.79. The number of nitrogens with zero attached hydrogens (tertiary/aromatic N) is 2. The second kappa shape index (κ2) is 7.22. The molecule has 0 aliphatic carbocycles. The molecular weight excluding hydrogens is 250 g/mol. The standard InChI is InChI=1S/C16H23N3O/c1-4-17-10-15-8-9-16(20-15)12-19(3)11-14-7-5-6-13(2)18-14/h5-9,17H,4,10-12H2,1-3H3. The Morgan fingerprint density at radius 1 is 1.15 bits per heavy atom. The van der Waals surface area contributed by atoms with Gasteiger partial charge in [-0.3, -0.25) is 9.88 Å². The predicted molar refractivity (Wildman–Crippen MR) is 80.2 cm³/mol. The van der Waals surface area contributed by atoms with Crippen LogP contribution >= 0.6 is 0 Å². The molecule has 0 aliphatic heterocycles. The lowest BCUT2D eigenvalue weighted by Gasteiger charge is -2.14. The largest absolute Gasteiger partial charge is 0.463 e. The Hall–Kier alpha value is -1.65. The van der Waals surface area contributed by atoms with Crippen LogP contribution in [-0.2, 0) is 19.6 Å². The fraction of sp³-hybridized carbons (Fsp3) is 0.438. The average Bonchev–Trinajstić information content (AvgIpc) is 2.83. The molecule has 1 N–H and O–H groups in total. The van der Waals surface area contributed by atoms with Gasteiger partial charge in [0.05, 0.1) is 18.8 Å². The van der Waals surface area contributed by atoms with Crippen LogP contribution in [0.25, 0.3) is 0 Å². The number of pyridine rings is 1. The van der Waals surface area contributed by atoms with Gasteiger partial charge in [-0.15, -0.1) is 0 Å². The number of aryl methyl sites for hydroxylation is 1. The molecule has 2 rings (SSSR count). The molecular formula is C16H23N3O. The molecule has 0 saturated carbocycles. The first-order valence-corrected chi connectivity index (χ1v) is 7.06. The normalized spacial score (nSPS) is 11.2. The molecule has 4 nitrogen and oxygen atoms in total. The van der Waals surface area contributed by atoms with Crippen molar-refractivity contribution >= 4 is 0 Å². The van der Waals surface area contributed by atoms with Crippen molar-refractivity contribution in [3.05, 3.63) is 53.2 Å². The van der Waals surface area contributed by atoms with E-state index in [0.29, 0.717) is 0 Å². The Bertz CT molecular complexity index is 536. The highest BCUT2D eigenvalue weighted by molar-refractivity contribution is 5.10. The number of aromatic nitrogens is 1. The maximum Gasteiger partial charge on any atom is 0.118 e. The summed E-state index contributed by atoms with van der Waals surface area (Å²) in [7, 11) is 2.08. The first-order chi connectivity index (χ1) is 9.67. The lowest BCUT2D eigenvalue weighted by atomic mass is 10.3. The second-order valence-electron chi connectivity index (χ2n) is 5.09. The van der Waals surface area contributed by atoms with Crippen molar-refractivity contribution in [1.29, 1.82) is 0 Å². The summed E-state index contributed by atoms with van der Waals surface area (Å²) in [5, 5.41) is 3.26. The van der Waals surface area contributed by atoms with E-state index in [1.54, 1.807) is 0 Å². The van der Waals surface area contributed by atoms with Crippen molar-refractivity contribution in [3.8, 4) is 0 Å². The van der Waals surface area contributed by atoms with Crippen LogP contribution in [0.2, 0.25) is 0 Å². The van der Waals surface area contributed by atoms with E-state index < -0.39 is 0 Å². The summed E-state index contributed by atoms with van der Waals surface area (Å²) in [6.45, 7) is 7.47. The van der Waals surface area contributed by atoms with Gasteiger partial charge in [0.2, 0.25) is 0 Å². The first kappa shape index (κ1) is 14.8. The third kappa shape index (κ3) is 4.47. The zero-order valence-corrected chi connectivity index (χ0v) is 12.5. The SMILES string of the molecule is CCNCc1ccc(CN(C)Cc2cccc(C)n2)o1. The van der Waals surface area contributed by atoms with Gasteiger partial charge in [-0.05, 0) is 44.8 Å². The number of hydrogen-bond acceptors (Lipinski definition) is 4. The Balaban J connectivity index is 1.87. The molecule has 4 heteroatoms. The zero-order chi connectivity index (χ0) is 14.4. The van der Waals surface area contributed by atoms with Crippen molar-refractivity contribution in [2.75, 3.05) is 13.6 Å². The van der Waals surface area contributed by atoms with Crippen molar-refractivity contribution in [2.45, 2.75) is 33.5 Å². The molecule has 2 aromatic heterocycles. The minimum Gasteiger partial charge on any atom is -0.463 e. The van der Waals surface area contributed by atoms with Gasteiger partial charge in [0.1, 0.15) is 11.5 Å². The van der Waals surface area contributed by atoms with Crippen LogP contribution in [0, 0.1) is 6.92 Å². The molecule has 0 atom stereocenters. The maximum atomic E-state index is 5.79. The summed E-state index contributed by atoms with van der Waals surface area (Å²) in [5.41, 5.74) is 2.15. The van der Waals surface area contributed by atoms with Gasteiger partial charge in [0.25, 0.3) is 0 Å². The minimum atomic E-state index is 0.791. The fourth-order valence-corrected chi connectivity index (χ4v) is 2.14. The fourth-order valence-electron chi connectivity index (χ4n) is 2.14. The second-order valence-corrected chi connectivity index (χ2v) is 5.09. The summed E-state index contributed by atoms with van der Waals surface area (Å²) in [6.07, 6.45) is 0. The van der Waals surface area contributed by atoms with E-state index in [4.69, 9.17) is 4.42 Å². The monoisotopic (exact) mass is 273 g/mol. The molecule has 0 bridgehead atoms. The molecule has 0 unspecified atom stereocenters. The lowest BCUT2D eigenvalue weighted by molar-refractivity contribution is 0.279. The van der Waals surface area contributed by atoms with Gasteiger partial charge in [0.15, 0.2) is 0 Å². The molecule has 2 aromatic rings. The van der Waals surface area contributed by atoms with Crippen LogP contribution in [-0.4, -0.2) is 23.5 Å². The summed E-state index contributed by atoms with van der Waals surface area (Å²) < 4.78 is 5.79. The highest BCUT2D eigenvalue weighted by Crippen LogP contribution is 2.11. The van der Waals surface area contributed by atoms with Crippen LogP contribution in [0.3, 0.4) is 0 Å². The highest BCUT2D eigenvalue weighted by Gasteiger charge is 2.07. The minimum absolute atomic E-state index is 0.791. The van der Waals surface area contributed by atoms with Crippen molar-refractivity contribution < 1.29 is 4.42 Å². The topological polar surface area (TPSA) is 41.3 Å². The quantitative estimate of drug-likeness (QED) is 0.842. The summed E-state index contributed by atoms with van der Waals surface area (Å²) in [6, 6.07) is 10.2. The van der Waals surface area contributed by atoms with Crippen LogP contribution in [0.1, 0.15) is 29.8 Å². The molecule has 20 heavy (non-hydrogen) atoms. The summed E-state index contributed by atoms with van der Waals surface area (Å²) >= 11 is 0. The molecule has 0 fully saturated rings. The predicted octanol–water partition coefficient (Wildman–Crippen LogP) is 2.72. The van der Waals surface area contributed by atoms with Gasteiger partial charge in [-0.2, -0.15) is 0 Å². The van der Waals surface area contributed by atoms with Crippen LogP contribution in [0.5, 0.6) is 0 Å².